The number of nitrogens with one attached hydrogen (secondary N) is 1. The van der Waals surface area contributed by atoms with Gasteiger partial charge in [-0.15, -0.1) is 0 Å². The number of ether oxygens (including phenoxy) is 1. The average Bonchev–Trinajstić information content (AvgIpc) is 3.35. The fourth-order valence-corrected chi connectivity index (χ4v) is 5.84. The zero-order valence-corrected chi connectivity index (χ0v) is 29.0. The predicted molar refractivity (Wildman–Crippen MR) is 174 cm³/mol. The Hall–Kier alpha value is -2.18. The minimum Gasteiger partial charge on any atom is -1.00 e. The van der Waals surface area contributed by atoms with E-state index in [9.17, 15) is 4.79 Å². The molecule has 0 radical (unpaired) electrons. The standard InChI is InChI=1S/C36H52N2O2S.BrH/c1-6-7-8-9-10-11-12-13-14-15-16-17-25-40-34-32(19-18-20-33(34)36(3,4)5)35(39)37-31-23-21-30(22-24-31)27-38-26-29(2)41-28-38;/h18-24,26,28H,6-17,25,27H2,1-5H3;1H. The molecule has 0 aliphatic rings. The third-order valence-corrected chi connectivity index (χ3v) is 8.46. The third-order valence-electron chi connectivity index (χ3n) is 7.61. The van der Waals surface area contributed by atoms with E-state index in [2.05, 4.69) is 74.4 Å². The molecule has 1 amide bonds. The van der Waals surface area contributed by atoms with Gasteiger partial charge in [-0.2, -0.15) is 4.57 Å². The van der Waals surface area contributed by atoms with Gasteiger partial charge in [0, 0.05) is 16.8 Å². The van der Waals surface area contributed by atoms with Crippen molar-refractivity contribution >= 4 is 22.9 Å². The van der Waals surface area contributed by atoms with Gasteiger partial charge in [-0.25, -0.2) is 0 Å². The van der Waals surface area contributed by atoms with Crippen LogP contribution in [0.1, 0.15) is 131 Å². The second-order valence-corrected chi connectivity index (χ2v) is 13.5. The Kier molecular flexibility index (Phi) is 16.4. The Bertz CT molecular complexity index is 1180. The summed E-state index contributed by atoms with van der Waals surface area (Å²) in [6.45, 7) is 12.4. The predicted octanol–water partition coefficient (Wildman–Crippen LogP) is 7.03. The summed E-state index contributed by atoms with van der Waals surface area (Å²) in [6, 6.07) is 14.0. The molecular formula is C36H53BrN2O2S. The van der Waals surface area contributed by atoms with E-state index in [0.717, 1.165) is 30.0 Å². The largest absolute Gasteiger partial charge is 1.00 e. The number of halogens is 1. The number of benzene rings is 2. The summed E-state index contributed by atoms with van der Waals surface area (Å²) in [5.41, 5.74) is 5.67. The molecule has 1 heterocycles. The number of thiazole rings is 1. The van der Waals surface area contributed by atoms with E-state index in [-0.39, 0.29) is 28.3 Å². The Morgan fingerprint density at radius 1 is 0.857 bits per heavy atom. The minimum atomic E-state index is -0.128. The number of hydrogen-bond donors (Lipinski definition) is 1. The molecule has 0 spiro atoms. The van der Waals surface area contributed by atoms with Gasteiger partial charge in [0.1, 0.15) is 5.75 Å². The van der Waals surface area contributed by atoms with E-state index < -0.39 is 0 Å². The lowest BCUT2D eigenvalue weighted by Gasteiger charge is -2.24. The van der Waals surface area contributed by atoms with E-state index >= 15 is 0 Å². The van der Waals surface area contributed by atoms with Crippen LogP contribution in [0, 0.1) is 6.92 Å². The van der Waals surface area contributed by atoms with E-state index in [1.165, 1.54) is 81.1 Å². The summed E-state index contributed by atoms with van der Waals surface area (Å²) in [7, 11) is 0. The fraction of sp³-hybridized carbons (Fsp3) is 0.556. The van der Waals surface area contributed by atoms with Crippen molar-refractivity contribution in [2.45, 2.75) is 124 Å². The number of aromatic nitrogens is 1. The highest BCUT2D eigenvalue weighted by Crippen LogP contribution is 2.35. The first-order valence-corrected chi connectivity index (χ1v) is 16.8. The summed E-state index contributed by atoms with van der Waals surface area (Å²) in [4.78, 5) is 14.7. The normalized spacial score (nSPS) is 11.3. The van der Waals surface area contributed by atoms with Crippen molar-refractivity contribution in [3.8, 4) is 5.75 Å². The molecule has 1 N–H and O–H groups in total. The monoisotopic (exact) mass is 656 g/mol. The SMILES string of the molecule is CCCCCCCCCCCCCCOc1c(C(=O)Nc2ccc(C[n+]3csc(C)c3)cc2)cccc1C(C)(C)C.[Br-]. The van der Waals surface area contributed by atoms with Crippen molar-refractivity contribution in [3.63, 3.8) is 0 Å². The maximum atomic E-state index is 13.4. The zero-order valence-electron chi connectivity index (χ0n) is 26.6. The number of hydrogen-bond acceptors (Lipinski definition) is 3. The van der Waals surface area contributed by atoms with Crippen LogP contribution in [-0.2, 0) is 12.0 Å². The highest BCUT2D eigenvalue weighted by molar-refractivity contribution is 7.09. The number of carbonyl (C=O) groups excluding carboxylic acids is 1. The molecule has 0 saturated heterocycles. The van der Waals surface area contributed by atoms with Crippen LogP contribution in [0.15, 0.2) is 54.2 Å². The summed E-state index contributed by atoms with van der Waals surface area (Å²) < 4.78 is 8.56. The number of unbranched alkanes of at least 4 members (excludes halogenated alkanes) is 11. The Balaban J connectivity index is 0.00000616. The van der Waals surface area contributed by atoms with Gasteiger partial charge < -0.3 is 27.0 Å². The summed E-state index contributed by atoms with van der Waals surface area (Å²) in [6.07, 6.45) is 17.9. The highest BCUT2D eigenvalue weighted by Gasteiger charge is 2.24. The number of rotatable bonds is 18. The van der Waals surface area contributed by atoms with Crippen molar-refractivity contribution in [1.82, 2.24) is 0 Å². The Labute approximate surface area is 270 Å². The van der Waals surface area contributed by atoms with Crippen molar-refractivity contribution in [1.29, 1.82) is 0 Å². The average molecular weight is 658 g/mol. The smallest absolute Gasteiger partial charge is 0.259 e. The lowest BCUT2D eigenvalue weighted by molar-refractivity contribution is -0.683. The summed E-state index contributed by atoms with van der Waals surface area (Å²) in [5.74, 6) is 0.595. The maximum absolute atomic E-state index is 13.4. The Morgan fingerprint density at radius 3 is 2.00 bits per heavy atom. The molecule has 232 valence electrons. The number of anilines is 1. The van der Waals surface area contributed by atoms with E-state index in [0.29, 0.717) is 12.2 Å². The number of carbonyl (C=O) groups is 1. The zero-order chi connectivity index (χ0) is 29.5. The van der Waals surface area contributed by atoms with Gasteiger partial charge in [-0.1, -0.05) is 134 Å². The van der Waals surface area contributed by atoms with Crippen LogP contribution in [0.4, 0.5) is 5.69 Å². The quantitative estimate of drug-likeness (QED) is 0.118. The lowest BCUT2D eigenvalue weighted by atomic mass is 9.85. The number of para-hydroxylation sites is 1. The molecule has 0 bridgehead atoms. The van der Waals surface area contributed by atoms with Gasteiger partial charge >= 0.3 is 0 Å². The molecule has 2 aromatic carbocycles. The molecule has 1 aromatic heterocycles. The van der Waals surface area contributed by atoms with Crippen molar-refractivity contribution in [2.75, 3.05) is 11.9 Å². The maximum Gasteiger partial charge on any atom is 0.259 e. The van der Waals surface area contributed by atoms with Gasteiger partial charge in [0.2, 0.25) is 5.51 Å². The van der Waals surface area contributed by atoms with E-state index in [4.69, 9.17) is 4.74 Å². The molecule has 0 aliphatic heterocycles. The minimum absolute atomic E-state index is 0. The van der Waals surface area contributed by atoms with Crippen molar-refractivity contribution < 1.29 is 31.1 Å². The van der Waals surface area contributed by atoms with Gasteiger partial charge in [0.15, 0.2) is 12.7 Å². The second-order valence-electron chi connectivity index (χ2n) is 12.5. The van der Waals surface area contributed by atoms with Crippen molar-refractivity contribution in [3.05, 3.63) is 75.7 Å². The van der Waals surface area contributed by atoms with Gasteiger partial charge in [-0.3, -0.25) is 4.79 Å². The first kappa shape index (κ1) is 36.0. The molecule has 0 fully saturated rings. The molecule has 4 nitrogen and oxygen atoms in total. The van der Waals surface area contributed by atoms with Gasteiger partial charge in [0.25, 0.3) is 5.91 Å². The molecule has 0 unspecified atom stereocenters. The number of amides is 1. The Morgan fingerprint density at radius 2 is 1.45 bits per heavy atom. The molecule has 42 heavy (non-hydrogen) atoms. The third kappa shape index (κ3) is 12.6. The van der Waals surface area contributed by atoms with Crippen LogP contribution in [0.3, 0.4) is 0 Å². The topological polar surface area (TPSA) is 42.2 Å². The van der Waals surface area contributed by atoms with Crippen LogP contribution in [0.25, 0.3) is 0 Å². The van der Waals surface area contributed by atoms with Crippen molar-refractivity contribution in [2.24, 2.45) is 0 Å². The van der Waals surface area contributed by atoms with Gasteiger partial charge in [-0.05, 0) is 37.0 Å². The molecular weight excluding hydrogens is 604 g/mol. The second kappa shape index (κ2) is 19.2. The highest BCUT2D eigenvalue weighted by atomic mass is 79.9. The van der Waals surface area contributed by atoms with Crippen LogP contribution in [0.2, 0.25) is 0 Å². The fourth-order valence-electron chi connectivity index (χ4n) is 5.21. The van der Waals surface area contributed by atoms with E-state index in [1.807, 2.05) is 24.3 Å². The van der Waals surface area contributed by atoms with E-state index in [1.54, 1.807) is 11.3 Å². The molecule has 0 saturated carbocycles. The first-order chi connectivity index (χ1) is 19.8. The summed E-state index contributed by atoms with van der Waals surface area (Å²) >= 11 is 1.75. The molecule has 3 aromatic rings. The molecule has 3 rings (SSSR count). The molecule has 0 aliphatic carbocycles. The van der Waals surface area contributed by atoms with Crippen LogP contribution in [-0.4, -0.2) is 12.5 Å². The van der Waals surface area contributed by atoms with Crippen LogP contribution < -0.4 is 31.6 Å². The van der Waals surface area contributed by atoms with Crippen LogP contribution in [0.5, 0.6) is 5.75 Å². The molecule has 0 atom stereocenters. The molecule has 6 heteroatoms. The van der Waals surface area contributed by atoms with Crippen LogP contribution >= 0.6 is 11.3 Å². The number of aryl methyl sites for hydroxylation is 1. The lowest BCUT2D eigenvalue weighted by Crippen LogP contribution is -3.00. The first-order valence-electron chi connectivity index (χ1n) is 15.9. The van der Waals surface area contributed by atoms with Gasteiger partial charge in [0.05, 0.1) is 17.0 Å². The number of nitrogens with zero attached hydrogens (tertiary/aromatic N) is 1. The summed E-state index contributed by atoms with van der Waals surface area (Å²) in [5, 5.41) is 3.10.